The molecule has 0 fully saturated rings. The summed E-state index contributed by atoms with van der Waals surface area (Å²) in [6.45, 7) is 2.26. The van der Waals surface area contributed by atoms with Gasteiger partial charge in [-0.3, -0.25) is 4.98 Å². The van der Waals surface area contributed by atoms with Gasteiger partial charge in [-0.1, -0.05) is 6.92 Å². The molecule has 2 aromatic heterocycles. The number of hydrogen-bond donors (Lipinski definition) is 2. The molecule has 1 unspecified atom stereocenters. The predicted molar refractivity (Wildman–Crippen MR) is 66.7 cm³/mol. The Labute approximate surface area is 99.9 Å². The van der Waals surface area contributed by atoms with Crippen LogP contribution in [0, 0.1) is 0 Å². The lowest BCUT2D eigenvalue weighted by molar-refractivity contribution is 0.278. The molecule has 2 heterocycles. The monoisotopic (exact) mass is 232 g/mol. The fourth-order valence-corrected chi connectivity index (χ4v) is 1.68. The fraction of sp³-hybridized carbons (Fsp3) is 0.417. The molecule has 0 aromatic carbocycles. The van der Waals surface area contributed by atoms with Crippen molar-refractivity contribution in [1.29, 1.82) is 0 Å². The van der Waals surface area contributed by atoms with Crippen LogP contribution >= 0.6 is 0 Å². The summed E-state index contributed by atoms with van der Waals surface area (Å²) in [4.78, 5) is 12.7. The maximum Gasteiger partial charge on any atom is 0.180 e. The number of nitrogens with zero attached hydrogens (tertiary/aromatic N) is 3. The van der Waals surface area contributed by atoms with Gasteiger partial charge >= 0.3 is 0 Å². The molecule has 0 saturated carbocycles. The lowest BCUT2D eigenvalue weighted by atomic mass is 10.1. The number of pyridine rings is 1. The Balaban J connectivity index is 2.18. The molecule has 0 bridgehead atoms. The van der Waals surface area contributed by atoms with Crippen LogP contribution < -0.4 is 5.32 Å². The molecular weight excluding hydrogens is 216 g/mol. The highest BCUT2D eigenvalue weighted by Crippen LogP contribution is 2.13. The summed E-state index contributed by atoms with van der Waals surface area (Å²) >= 11 is 0. The van der Waals surface area contributed by atoms with Crippen LogP contribution in [0.1, 0.15) is 19.8 Å². The van der Waals surface area contributed by atoms with E-state index in [1.54, 1.807) is 12.4 Å². The van der Waals surface area contributed by atoms with E-state index in [1.807, 2.05) is 12.1 Å². The highest BCUT2D eigenvalue weighted by molar-refractivity contribution is 5.71. The first-order valence-electron chi connectivity index (χ1n) is 5.78. The maximum absolute atomic E-state index is 8.93. The van der Waals surface area contributed by atoms with E-state index in [0.29, 0.717) is 5.65 Å². The number of rotatable bonds is 5. The van der Waals surface area contributed by atoms with Gasteiger partial charge in [-0.05, 0) is 25.0 Å². The molecule has 1 atom stereocenters. The summed E-state index contributed by atoms with van der Waals surface area (Å²) in [6.07, 6.45) is 4.94. The second kappa shape index (κ2) is 5.54. The number of hydrogen-bond acceptors (Lipinski definition) is 5. The van der Waals surface area contributed by atoms with Crippen LogP contribution in [-0.2, 0) is 0 Å². The van der Waals surface area contributed by atoms with Crippen LogP contribution in [0.2, 0.25) is 0 Å². The van der Waals surface area contributed by atoms with Gasteiger partial charge in [0.25, 0.3) is 0 Å². The van der Waals surface area contributed by atoms with Gasteiger partial charge in [0.05, 0.1) is 0 Å². The second-order valence-corrected chi connectivity index (χ2v) is 3.86. The van der Waals surface area contributed by atoms with E-state index in [4.69, 9.17) is 5.11 Å². The Morgan fingerprint density at radius 3 is 2.88 bits per heavy atom. The van der Waals surface area contributed by atoms with E-state index in [0.717, 1.165) is 24.2 Å². The standard InChI is InChI=1S/C12H16N4O/c1-2-9(5-8-17)15-11-4-3-10-12(16-11)14-7-6-13-10/h3-4,6-7,9,17H,2,5,8H2,1H3,(H,14,15,16). The van der Waals surface area contributed by atoms with Crippen molar-refractivity contribution in [2.75, 3.05) is 11.9 Å². The summed E-state index contributed by atoms with van der Waals surface area (Å²) in [6, 6.07) is 4.02. The predicted octanol–water partition coefficient (Wildman–Crippen LogP) is 1.60. The Morgan fingerprint density at radius 2 is 2.12 bits per heavy atom. The van der Waals surface area contributed by atoms with E-state index in [2.05, 4.69) is 27.2 Å². The molecule has 90 valence electrons. The van der Waals surface area contributed by atoms with Crippen LogP contribution in [0.15, 0.2) is 24.5 Å². The van der Waals surface area contributed by atoms with Gasteiger partial charge in [0.15, 0.2) is 5.65 Å². The molecule has 17 heavy (non-hydrogen) atoms. The lowest BCUT2D eigenvalue weighted by Gasteiger charge is -2.16. The molecular formula is C12H16N4O. The Kier molecular flexibility index (Phi) is 3.82. The van der Waals surface area contributed by atoms with Crippen LogP contribution in [0.5, 0.6) is 0 Å². The first-order valence-corrected chi connectivity index (χ1v) is 5.78. The normalized spacial score (nSPS) is 12.6. The average Bonchev–Trinajstić information content (AvgIpc) is 2.38. The Bertz CT molecular complexity index is 489. The van der Waals surface area contributed by atoms with Gasteiger partial charge in [-0.2, -0.15) is 0 Å². The first kappa shape index (κ1) is 11.7. The van der Waals surface area contributed by atoms with Crippen molar-refractivity contribution in [2.24, 2.45) is 0 Å². The van der Waals surface area contributed by atoms with Crippen LogP contribution in [0.4, 0.5) is 5.82 Å². The lowest BCUT2D eigenvalue weighted by Crippen LogP contribution is -2.20. The highest BCUT2D eigenvalue weighted by atomic mass is 16.3. The van der Waals surface area contributed by atoms with E-state index < -0.39 is 0 Å². The van der Waals surface area contributed by atoms with E-state index >= 15 is 0 Å². The van der Waals surface area contributed by atoms with Crippen LogP contribution in [0.3, 0.4) is 0 Å². The summed E-state index contributed by atoms with van der Waals surface area (Å²) < 4.78 is 0. The third-order valence-corrected chi connectivity index (χ3v) is 2.65. The van der Waals surface area contributed by atoms with Crippen molar-refractivity contribution >= 4 is 17.0 Å². The van der Waals surface area contributed by atoms with E-state index in [1.165, 1.54) is 0 Å². The minimum atomic E-state index is 0.179. The van der Waals surface area contributed by atoms with Crippen molar-refractivity contribution in [1.82, 2.24) is 15.0 Å². The van der Waals surface area contributed by atoms with Crippen molar-refractivity contribution in [3.63, 3.8) is 0 Å². The minimum Gasteiger partial charge on any atom is -0.396 e. The molecule has 2 aromatic rings. The largest absolute Gasteiger partial charge is 0.396 e. The Morgan fingerprint density at radius 1 is 1.29 bits per heavy atom. The number of nitrogens with one attached hydrogen (secondary N) is 1. The SMILES string of the molecule is CCC(CCO)Nc1ccc2nccnc2n1. The van der Waals surface area contributed by atoms with E-state index in [-0.39, 0.29) is 12.6 Å². The van der Waals surface area contributed by atoms with Gasteiger partial charge in [0.1, 0.15) is 11.3 Å². The molecule has 0 amide bonds. The third kappa shape index (κ3) is 2.88. The molecule has 5 heteroatoms. The molecule has 0 radical (unpaired) electrons. The number of aliphatic hydroxyl groups excluding tert-OH is 1. The zero-order valence-electron chi connectivity index (χ0n) is 9.80. The molecule has 5 nitrogen and oxygen atoms in total. The summed E-state index contributed by atoms with van der Waals surface area (Å²) in [5.41, 5.74) is 1.42. The first-order chi connectivity index (χ1) is 8.33. The highest BCUT2D eigenvalue weighted by Gasteiger charge is 2.06. The quantitative estimate of drug-likeness (QED) is 0.819. The topological polar surface area (TPSA) is 70.9 Å². The van der Waals surface area contributed by atoms with Crippen molar-refractivity contribution in [3.05, 3.63) is 24.5 Å². The van der Waals surface area contributed by atoms with Crippen molar-refractivity contribution in [2.45, 2.75) is 25.8 Å². The minimum absolute atomic E-state index is 0.179. The third-order valence-electron chi connectivity index (χ3n) is 2.65. The molecule has 0 aliphatic heterocycles. The Hall–Kier alpha value is -1.75. The maximum atomic E-state index is 8.93. The van der Waals surface area contributed by atoms with Gasteiger partial charge in [-0.15, -0.1) is 0 Å². The average molecular weight is 232 g/mol. The smallest absolute Gasteiger partial charge is 0.180 e. The zero-order chi connectivity index (χ0) is 12.1. The zero-order valence-corrected chi connectivity index (χ0v) is 9.80. The molecule has 2 N–H and O–H groups in total. The molecule has 2 rings (SSSR count). The molecule has 0 aliphatic carbocycles. The number of anilines is 1. The summed E-state index contributed by atoms with van der Waals surface area (Å²) in [7, 11) is 0. The van der Waals surface area contributed by atoms with Crippen molar-refractivity contribution < 1.29 is 5.11 Å². The van der Waals surface area contributed by atoms with E-state index in [9.17, 15) is 0 Å². The molecule has 0 aliphatic rings. The molecule has 0 spiro atoms. The second-order valence-electron chi connectivity index (χ2n) is 3.86. The number of fused-ring (bicyclic) bond motifs is 1. The van der Waals surface area contributed by atoms with Crippen molar-refractivity contribution in [3.8, 4) is 0 Å². The number of aliphatic hydroxyl groups is 1. The van der Waals surface area contributed by atoms with Gasteiger partial charge < -0.3 is 10.4 Å². The van der Waals surface area contributed by atoms with Crippen LogP contribution in [0.25, 0.3) is 11.2 Å². The summed E-state index contributed by atoms with van der Waals surface area (Å²) in [5, 5.41) is 12.2. The van der Waals surface area contributed by atoms with Gasteiger partial charge in [0.2, 0.25) is 0 Å². The van der Waals surface area contributed by atoms with Crippen LogP contribution in [-0.4, -0.2) is 32.7 Å². The van der Waals surface area contributed by atoms with Gasteiger partial charge in [-0.25, -0.2) is 9.97 Å². The van der Waals surface area contributed by atoms with Gasteiger partial charge in [0, 0.05) is 25.0 Å². The fourth-order valence-electron chi connectivity index (χ4n) is 1.68. The number of aromatic nitrogens is 3. The summed E-state index contributed by atoms with van der Waals surface area (Å²) in [5.74, 6) is 0.776. The molecule has 0 saturated heterocycles.